The fourth-order valence-electron chi connectivity index (χ4n) is 3.05. The van der Waals surface area contributed by atoms with E-state index in [4.69, 9.17) is 0 Å². The molecule has 2 rings (SSSR count). The third kappa shape index (κ3) is 5.06. The third-order valence-electron chi connectivity index (χ3n) is 4.53. The van der Waals surface area contributed by atoms with Crippen molar-refractivity contribution in [1.82, 2.24) is 15.1 Å². The molecule has 1 aliphatic rings. The maximum absolute atomic E-state index is 3.50. The first-order valence-electron chi connectivity index (χ1n) is 8.27. The maximum Gasteiger partial charge on any atom is 0.0299 e. The molecule has 0 aromatic carbocycles. The second-order valence-corrected chi connectivity index (χ2v) is 7.76. The highest BCUT2D eigenvalue weighted by Gasteiger charge is 2.21. The van der Waals surface area contributed by atoms with Crippen LogP contribution in [0, 0.1) is 6.92 Å². The Balaban J connectivity index is 1.86. The van der Waals surface area contributed by atoms with Gasteiger partial charge in [0.05, 0.1) is 0 Å². The molecule has 0 bridgehead atoms. The molecule has 120 valence electrons. The summed E-state index contributed by atoms with van der Waals surface area (Å²) in [4.78, 5) is 7.97. The molecular weight excluding hydrogens is 278 g/mol. The van der Waals surface area contributed by atoms with Crippen LogP contribution >= 0.6 is 11.3 Å². The monoisotopic (exact) mass is 309 g/mol. The van der Waals surface area contributed by atoms with Crippen molar-refractivity contribution in [2.75, 3.05) is 33.7 Å². The van der Waals surface area contributed by atoms with Crippen LogP contribution in [-0.4, -0.2) is 49.6 Å². The average Bonchev–Trinajstić information content (AvgIpc) is 2.80. The Kier molecular flexibility index (Phi) is 6.68. The van der Waals surface area contributed by atoms with Gasteiger partial charge in [-0.3, -0.25) is 4.90 Å². The van der Waals surface area contributed by atoms with Gasteiger partial charge in [-0.25, -0.2) is 0 Å². The van der Waals surface area contributed by atoms with Gasteiger partial charge in [-0.2, -0.15) is 0 Å². The van der Waals surface area contributed by atoms with Gasteiger partial charge in [0.25, 0.3) is 0 Å². The Morgan fingerprint density at radius 1 is 1.38 bits per heavy atom. The Morgan fingerprint density at radius 3 is 2.76 bits per heavy atom. The van der Waals surface area contributed by atoms with E-state index in [0.717, 1.165) is 25.7 Å². The molecule has 21 heavy (non-hydrogen) atoms. The van der Waals surface area contributed by atoms with E-state index in [2.05, 4.69) is 49.1 Å². The summed E-state index contributed by atoms with van der Waals surface area (Å²) in [7, 11) is 4.52. The van der Waals surface area contributed by atoms with E-state index in [-0.39, 0.29) is 0 Å². The molecular formula is C17H31N3S. The molecule has 1 aromatic heterocycles. The second kappa shape index (κ2) is 8.28. The fourth-order valence-corrected chi connectivity index (χ4v) is 4.08. The maximum atomic E-state index is 3.50. The molecule has 0 saturated carbocycles. The molecule has 1 fully saturated rings. The Bertz CT molecular complexity index is 422. The molecule has 0 amide bonds. The van der Waals surface area contributed by atoms with E-state index in [1.807, 2.05) is 11.3 Å². The summed E-state index contributed by atoms with van der Waals surface area (Å²) in [6.07, 6.45) is 3.82. The lowest BCUT2D eigenvalue weighted by atomic mass is 10.0. The van der Waals surface area contributed by atoms with Crippen LogP contribution in [0.4, 0.5) is 0 Å². The van der Waals surface area contributed by atoms with Gasteiger partial charge in [0.1, 0.15) is 0 Å². The van der Waals surface area contributed by atoms with Crippen LogP contribution in [0.15, 0.2) is 6.07 Å². The molecule has 0 radical (unpaired) electrons. The standard InChI is InChI=1S/C17H31N3S/c1-5-8-18-12-17-11-15(14(2)21-17)13-20(4)16-6-9-19(3)10-7-16/h11,16,18H,5-10,12-13H2,1-4H3. The topological polar surface area (TPSA) is 18.5 Å². The smallest absolute Gasteiger partial charge is 0.0299 e. The summed E-state index contributed by atoms with van der Waals surface area (Å²) in [6.45, 7) is 10.2. The van der Waals surface area contributed by atoms with Crippen molar-refractivity contribution in [2.24, 2.45) is 0 Å². The van der Waals surface area contributed by atoms with Crippen molar-refractivity contribution in [2.45, 2.75) is 52.2 Å². The third-order valence-corrected chi connectivity index (χ3v) is 5.62. The van der Waals surface area contributed by atoms with E-state index >= 15 is 0 Å². The first-order valence-corrected chi connectivity index (χ1v) is 9.09. The highest BCUT2D eigenvalue weighted by molar-refractivity contribution is 7.12. The SMILES string of the molecule is CCCNCc1cc(CN(C)C2CCN(C)CC2)c(C)s1. The highest BCUT2D eigenvalue weighted by Crippen LogP contribution is 2.24. The molecule has 1 aromatic rings. The summed E-state index contributed by atoms with van der Waals surface area (Å²) in [5, 5.41) is 3.50. The molecule has 1 N–H and O–H groups in total. The van der Waals surface area contributed by atoms with Crippen molar-refractivity contribution in [3.8, 4) is 0 Å². The number of piperidine rings is 1. The number of hydrogen-bond donors (Lipinski definition) is 1. The van der Waals surface area contributed by atoms with Crippen LogP contribution in [-0.2, 0) is 13.1 Å². The molecule has 1 saturated heterocycles. The van der Waals surface area contributed by atoms with Gasteiger partial charge in [0.15, 0.2) is 0 Å². The molecule has 0 unspecified atom stereocenters. The number of likely N-dealkylation sites (tertiary alicyclic amines) is 1. The van der Waals surface area contributed by atoms with Crippen LogP contribution in [0.25, 0.3) is 0 Å². The van der Waals surface area contributed by atoms with E-state index in [0.29, 0.717) is 0 Å². The normalized spacial score (nSPS) is 17.8. The van der Waals surface area contributed by atoms with E-state index < -0.39 is 0 Å². The molecule has 1 aliphatic heterocycles. The van der Waals surface area contributed by atoms with Crippen LogP contribution in [0.3, 0.4) is 0 Å². The van der Waals surface area contributed by atoms with E-state index in [1.165, 1.54) is 47.7 Å². The Hall–Kier alpha value is -0.420. The fraction of sp³-hybridized carbons (Fsp3) is 0.765. The summed E-state index contributed by atoms with van der Waals surface area (Å²) < 4.78 is 0. The van der Waals surface area contributed by atoms with Crippen LogP contribution in [0.1, 0.15) is 41.5 Å². The first-order chi connectivity index (χ1) is 10.1. The lowest BCUT2D eigenvalue weighted by Gasteiger charge is -2.35. The van der Waals surface area contributed by atoms with Crippen molar-refractivity contribution < 1.29 is 0 Å². The second-order valence-electron chi connectivity index (χ2n) is 6.42. The van der Waals surface area contributed by atoms with Gasteiger partial charge in [0.2, 0.25) is 0 Å². The molecule has 3 nitrogen and oxygen atoms in total. The van der Waals surface area contributed by atoms with Gasteiger partial charge in [0, 0.05) is 28.9 Å². The zero-order valence-corrected chi connectivity index (χ0v) is 14.9. The summed E-state index contributed by atoms with van der Waals surface area (Å²) in [6, 6.07) is 3.16. The van der Waals surface area contributed by atoms with Crippen molar-refractivity contribution in [3.05, 3.63) is 21.4 Å². The summed E-state index contributed by atoms with van der Waals surface area (Å²) in [5.74, 6) is 0. The van der Waals surface area contributed by atoms with E-state index in [9.17, 15) is 0 Å². The van der Waals surface area contributed by atoms with Gasteiger partial charge in [-0.1, -0.05) is 6.92 Å². The molecule has 4 heteroatoms. The van der Waals surface area contributed by atoms with E-state index in [1.54, 1.807) is 0 Å². The zero-order chi connectivity index (χ0) is 15.2. The number of thiophene rings is 1. The minimum atomic E-state index is 0.752. The minimum absolute atomic E-state index is 0.752. The van der Waals surface area contributed by atoms with Gasteiger partial charge < -0.3 is 10.2 Å². The van der Waals surface area contributed by atoms with Crippen LogP contribution < -0.4 is 5.32 Å². The van der Waals surface area contributed by atoms with Gasteiger partial charge in [-0.15, -0.1) is 11.3 Å². The number of nitrogens with zero attached hydrogens (tertiary/aromatic N) is 2. The van der Waals surface area contributed by atoms with Crippen molar-refractivity contribution >= 4 is 11.3 Å². The largest absolute Gasteiger partial charge is 0.312 e. The van der Waals surface area contributed by atoms with Gasteiger partial charge >= 0.3 is 0 Å². The number of rotatable bonds is 7. The molecule has 0 aliphatic carbocycles. The van der Waals surface area contributed by atoms with Crippen molar-refractivity contribution in [3.63, 3.8) is 0 Å². The average molecular weight is 310 g/mol. The van der Waals surface area contributed by atoms with Gasteiger partial charge in [-0.05, 0) is 71.5 Å². The lowest BCUT2D eigenvalue weighted by Crippen LogP contribution is -2.41. The predicted molar refractivity (Wildman–Crippen MR) is 93.0 cm³/mol. The molecule has 2 heterocycles. The number of nitrogens with one attached hydrogen (secondary N) is 1. The summed E-state index contributed by atoms with van der Waals surface area (Å²) >= 11 is 1.96. The first kappa shape index (κ1) is 16.9. The van der Waals surface area contributed by atoms with Crippen molar-refractivity contribution in [1.29, 1.82) is 0 Å². The molecule has 0 spiro atoms. The lowest BCUT2D eigenvalue weighted by molar-refractivity contribution is 0.139. The zero-order valence-electron chi connectivity index (χ0n) is 14.1. The quantitative estimate of drug-likeness (QED) is 0.781. The van der Waals surface area contributed by atoms with Crippen LogP contribution in [0.2, 0.25) is 0 Å². The minimum Gasteiger partial charge on any atom is -0.312 e. The number of aryl methyl sites for hydroxylation is 1. The Labute approximate surface area is 134 Å². The van der Waals surface area contributed by atoms with Crippen LogP contribution in [0.5, 0.6) is 0 Å². The predicted octanol–water partition coefficient (Wildman–Crippen LogP) is 3.08. The highest BCUT2D eigenvalue weighted by atomic mass is 32.1. The Morgan fingerprint density at radius 2 is 2.10 bits per heavy atom. The summed E-state index contributed by atoms with van der Waals surface area (Å²) in [5.41, 5.74) is 1.52. The molecule has 0 atom stereocenters. The number of hydrogen-bond acceptors (Lipinski definition) is 4.